The van der Waals surface area contributed by atoms with Gasteiger partial charge in [0.15, 0.2) is 11.5 Å². The van der Waals surface area contributed by atoms with E-state index in [4.69, 9.17) is 9.47 Å². The van der Waals surface area contributed by atoms with E-state index in [9.17, 15) is 9.90 Å². The summed E-state index contributed by atoms with van der Waals surface area (Å²) >= 11 is 1.45. The molecular weight excluding hydrogens is 326 g/mol. The van der Waals surface area contributed by atoms with Crippen molar-refractivity contribution in [2.45, 2.75) is 12.5 Å². The van der Waals surface area contributed by atoms with Gasteiger partial charge < -0.3 is 19.9 Å². The molecule has 2 rings (SSSR count). The van der Waals surface area contributed by atoms with E-state index in [1.165, 1.54) is 17.4 Å². The summed E-state index contributed by atoms with van der Waals surface area (Å²) in [6.07, 6.45) is 3.10. The average molecular weight is 347 g/mol. The Morgan fingerprint density at radius 3 is 2.67 bits per heavy atom. The molecule has 0 aliphatic heterocycles. The van der Waals surface area contributed by atoms with Gasteiger partial charge in [0, 0.05) is 11.0 Å². The quantitative estimate of drug-likeness (QED) is 0.756. The van der Waals surface area contributed by atoms with Crippen LogP contribution in [0.25, 0.3) is 6.08 Å². The number of methoxy groups -OCH3 is 2. The minimum atomic E-state index is -1.08. The van der Waals surface area contributed by atoms with Crippen LogP contribution >= 0.6 is 11.3 Å². The molecule has 5 nitrogen and oxygen atoms in total. The van der Waals surface area contributed by atoms with E-state index in [0.29, 0.717) is 11.5 Å². The summed E-state index contributed by atoms with van der Waals surface area (Å²) in [5, 5.41) is 15.0. The van der Waals surface area contributed by atoms with Crippen LogP contribution < -0.4 is 14.8 Å². The number of ether oxygens (including phenoxy) is 2. The number of nitrogens with one attached hydrogen (secondary N) is 1. The van der Waals surface area contributed by atoms with Crippen LogP contribution in [0.2, 0.25) is 0 Å². The molecule has 1 atom stereocenters. The molecule has 6 heteroatoms. The molecule has 1 aromatic carbocycles. The second-order valence-electron chi connectivity index (χ2n) is 5.42. The number of thiophene rings is 1. The zero-order valence-electron chi connectivity index (χ0n) is 13.9. The largest absolute Gasteiger partial charge is 0.493 e. The lowest BCUT2D eigenvalue weighted by atomic mass is 10.1. The van der Waals surface area contributed by atoms with E-state index >= 15 is 0 Å². The van der Waals surface area contributed by atoms with Gasteiger partial charge in [-0.25, -0.2) is 0 Å². The third-order valence-electron chi connectivity index (χ3n) is 3.49. The molecule has 0 saturated carbocycles. The van der Waals surface area contributed by atoms with Gasteiger partial charge in [-0.2, -0.15) is 0 Å². The van der Waals surface area contributed by atoms with Gasteiger partial charge in [-0.05, 0) is 42.1 Å². The third kappa shape index (κ3) is 4.59. The first-order valence-corrected chi connectivity index (χ1v) is 8.28. The predicted octanol–water partition coefficient (Wildman–Crippen LogP) is 2.80. The molecule has 0 aliphatic rings. The minimum absolute atomic E-state index is 0.141. The molecule has 0 aliphatic carbocycles. The summed E-state index contributed by atoms with van der Waals surface area (Å²) in [5.41, 5.74) is -0.270. The topological polar surface area (TPSA) is 67.8 Å². The molecule has 0 fully saturated rings. The van der Waals surface area contributed by atoms with Gasteiger partial charge in [-0.1, -0.05) is 12.1 Å². The van der Waals surface area contributed by atoms with Crippen LogP contribution in [0.3, 0.4) is 0 Å². The maximum Gasteiger partial charge on any atom is 0.244 e. The molecule has 1 heterocycles. The van der Waals surface area contributed by atoms with Gasteiger partial charge >= 0.3 is 0 Å². The first-order valence-electron chi connectivity index (χ1n) is 7.40. The van der Waals surface area contributed by atoms with Crippen molar-refractivity contribution in [1.82, 2.24) is 5.32 Å². The number of carbonyl (C=O) groups is 1. The normalized spacial score (nSPS) is 13.5. The molecule has 1 amide bonds. The smallest absolute Gasteiger partial charge is 0.244 e. The highest BCUT2D eigenvalue weighted by Gasteiger charge is 2.24. The van der Waals surface area contributed by atoms with Gasteiger partial charge in [-0.3, -0.25) is 4.79 Å². The number of carbonyl (C=O) groups excluding carboxylic acids is 1. The Labute approximate surface area is 145 Å². The summed E-state index contributed by atoms with van der Waals surface area (Å²) in [4.78, 5) is 12.8. The average Bonchev–Trinajstić information content (AvgIpc) is 3.13. The molecule has 2 aromatic rings. The van der Waals surface area contributed by atoms with E-state index in [-0.39, 0.29) is 12.5 Å². The van der Waals surface area contributed by atoms with Gasteiger partial charge in [0.25, 0.3) is 0 Å². The Hall–Kier alpha value is -2.31. The molecule has 1 unspecified atom stereocenters. The van der Waals surface area contributed by atoms with E-state index in [2.05, 4.69) is 5.32 Å². The molecular formula is C18H21NO4S. The number of hydrogen-bond donors (Lipinski definition) is 2. The Morgan fingerprint density at radius 2 is 2.04 bits per heavy atom. The lowest BCUT2D eigenvalue weighted by molar-refractivity contribution is -0.117. The number of amides is 1. The SMILES string of the molecule is COc1ccc(/C=C/C(=O)NCC(C)(O)c2cccs2)cc1OC. The van der Waals surface area contributed by atoms with Crippen molar-refractivity contribution in [3.8, 4) is 11.5 Å². The highest BCUT2D eigenvalue weighted by Crippen LogP contribution is 2.28. The molecule has 24 heavy (non-hydrogen) atoms. The number of hydrogen-bond acceptors (Lipinski definition) is 5. The van der Waals surface area contributed by atoms with Crippen molar-refractivity contribution in [1.29, 1.82) is 0 Å². The van der Waals surface area contributed by atoms with Crippen molar-refractivity contribution < 1.29 is 19.4 Å². The number of aliphatic hydroxyl groups is 1. The second kappa shape index (κ2) is 7.99. The highest BCUT2D eigenvalue weighted by molar-refractivity contribution is 7.10. The van der Waals surface area contributed by atoms with Crippen LogP contribution in [0.1, 0.15) is 17.4 Å². The summed E-state index contributed by atoms with van der Waals surface area (Å²) in [6.45, 7) is 1.82. The van der Waals surface area contributed by atoms with Crippen LogP contribution in [-0.4, -0.2) is 31.8 Å². The maximum atomic E-state index is 11.9. The van der Waals surface area contributed by atoms with Crippen molar-refractivity contribution in [3.63, 3.8) is 0 Å². The fourth-order valence-electron chi connectivity index (χ4n) is 2.12. The van der Waals surface area contributed by atoms with Gasteiger partial charge in [0.1, 0.15) is 5.60 Å². The van der Waals surface area contributed by atoms with Crippen LogP contribution in [0, 0.1) is 0 Å². The lowest BCUT2D eigenvalue weighted by Crippen LogP contribution is -2.37. The zero-order valence-corrected chi connectivity index (χ0v) is 14.7. The standard InChI is InChI=1S/C18H21NO4S/c1-18(21,16-5-4-10-24-16)12-19-17(20)9-7-13-6-8-14(22-2)15(11-13)23-3/h4-11,21H,12H2,1-3H3,(H,19,20)/b9-7+. The van der Waals surface area contributed by atoms with Crippen LogP contribution in [-0.2, 0) is 10.4 Å². The molecule has 0 bridgehead atoms. The first kappa shape index (κ1) is 18.0. The summed E-state index contributed by atoms with van der Waals surface area (Å²) in [7, 11) is 3.13. The first-order chi connectivity index (χ1) is 11.5. The van der Waals surface area contributed by atoms with Gasteiger partial charge in [-0.15, -0.1) is 11.3 Å². The third-order valence-corrected chi connectivity index (χ3v) is 4.62. The zero-order chi connectivity index (χ0) is 17.6. The summed E-state index contributed by atoms with van der Waals surface area (Å²) in [5.74, 6) is 0.952. The predicted molar refractivity (Wildman–Crippen MR) is 95.5 cm³/mol. The number of rotatable bonds is 7. The Morgan fingerprint density at radius 1 is 1.29 bits per heavy atom. The fourth-order valence-corrected chi connectivity index (χ4v) is 2.91. The molecule has 0 saturated heterocycles. The Balaban J connectivity index is 1.96. The van der Waals surface area contributed by atoms with Gasteiger partial charge in [0.05, 0.1) is 20.8 Å². The van der Waals surface area contributed by atoms with E-state index < -0.39 is 5.60 Å². The molecule has 128 valence electrons. The van der Waals surface area contributed by atoms with Crippen LogP contribution in [0.5, 0.6) is 11.5 Å². The molecule has 0 spiro atoms. The molecule has 1 aromatic heterocycles. The lowest BCUT2D eigenvalue weighted by Gasteiger charge is -2.21. The van der Waals surface area contributed by atoms with Gasteiger partial charge in [0.2, 0.25) is 5.91 Å². The molecule has 2 N–H and O–H groups in total. The van der Waals surface area contributed by atoms with Crippen molar-refractivity contribution >= 4 is 23.3 Å². The van der Waals surface area contributed by atoms with E-state index in [1.807, 2.05) is 23.6 Å². The molecule has 0 radical (unpaired) electrons. The van der Waals surface area contributed by atoms with Crippen LogP contribution in [0.4, 0.5) is 0 Å². The van der Waals surface area contributed by atoms with Crippen LogP contribution in [0.15, 0.2) is 41.8 Å². The van der Waals surface area contributed by atoms with Crippen molar-refractivity contribution in [2.75, 3.05) is 20.8 Å². The van der Waals surface area contributed by atoms with E-state index in [0.717, 1.165) is 10.4 Å². The summed E-state index contributed by atoms with van der Waals surface area (Å²) < 4.78 is 10.4. The highest BCUT2D eigenvalue weighted by atomic mass is 32.1. The van der Waals surface area contributed by atoms with Crippen molar-refractivity contribution in [2.24, 2.45) is 0 Å². The van der Waals surface area contributed by atoms with E-state index in [1.54, 1.807) is 39.4 Å². The fraction of sp³-hybridized carbons (Fsp3) is 0.278. The Bertz CT molecular complexity index is 708. The number of benzene rings is 1. The monoisotopic (exact) mass is 347 g/mol. The maximum absolute atomic E-state index is 11.9. The minimum Gasteiger partial charge on any atom is -0.493 e. The van der Waals surface area contributed by atoms with Crippen molar-refractivity contribution in [3.05, 3.63) is 52.2 Å². The second-order valence-corrected chi connectivity index (χ2v) is 6.36. The Kier molecular flexibility index (Phi) is 6.00. The summed E-state index contributed by atoms with van der Waals surface area (Å²) in [6, 6.07) is 9.10.